The first-order chi connectivity index (χ1) is 9.15. The van der Waals surface area contributed by atoms with Gasteiger partial charge in [0.1, 0.15) is 5.82 Å². The minimum absolute atomic E-state index is 0.0380. The van der Waals surface area contributed by atoms with Crippen LogP contribution < -0.4 is 5.73 Å². The van der Waals surface area contributed by atoms with Gasteiger partial charge in [0.25, 0.3) is 0 Å². The topological polar surface area (TPSA) is 71.8 Å². The number of Topliss-reactive ketones (excluding diaryl/α,β-unsaturated/α-hetero) is 1. The summed E-state index contributed by atoms with van der Waals surface area (Å²) in [5, 5.41) is 0. The fraction of sp³-hybridized carbons (Fsp3) is 0.231. The summed E-state index contributed by atoms with van der Waals surface area (Å²) in [6, 6.07) is 5.49. The highest BCUT2D eigenvalue weighted by atomic mass is 32.2. The van der Waals surface area contributed by atoms with Crippen LogP contribution in [0.4, 0.5) is 4.39 Å². The van der Waals surface area contributed by atoms with E-state index in [0.717, 1.165) is 10.6 Å². The Bertz CT molecular complexity index is 527. The summed E-state index contributed by atoms with van der Waals surface area (Å²) in [4.78, 5) is 19.5. The van der Waals surface area contributed by atoms with Gasteiger partial charge in [-0.15, -0.1) is 11.8 Å². The lowest BCUT2D eigenvalue weighted by Crippen LogP contribution is -2.34. The number of hydrogen-bond acceptors (Lipinski definition) is 4. The van der Waals surface area contributed by atoms with Gasteiger partial charge in [-0.3, -0.25) is 4.79 Å². The molecule has 0 amide bonds. The van der Waals surface area contributed by atoms with Crippen molar-refractivity contribution >= 4 is 17.5 Å². The molecule has 19 heavy (non-hydrogen) atoms. The van der Waals surface area contributed by atoms with Crippen LogP contribution in [0, 0.1) is 5.82 Å². The number of halogens is 1. The SMILES string of the molecule is N[C@@H](Cc1cnc[nH]1)C(=O)CSc1ccc(F)cc1. The number of hydrogen-bond donors (Lipinski definition) is 2. The van der Waals surface area contributed by atoms with Crippen molar-refractivity contribution in [3.8, 4) is 0 Å². The van der Waals surface area contributed by atoms with E-state index < -0.39 is 6.04 Å². The third-order valence-corrected chi connectivity index (χ3v) is 3.64. The number of imidazole rings is 1. The quantitative estimate of drug-likeness (QED) is 0.791. The molecule has 1 aromatic heterocycles. The fourth-order valence-electron chi connectivity index (χ4n) is 1.54. The standard InChI is InChI=1S/C13H14FN3OS/c14-9-1-3-11(4-2-9)19-7-13(18)12(15)5-10-6-16-8-17-10/h1-4,6,8,12H,5,7,15H2,(H,16,17)/t12-/m0/s1. The number of rotatable bonds is 6. The zero-order chi connectivity index (χ0) is 13.7. The van der Waals surface area contributed by atoms with Crippen molar-refractivity contribution in [1.82, 2.24) is 9.97 Å². The van der Waals surface area contributed by atoms with Crippen molar-refractivity contribution in [1.29, 1.82) is 0 Å². The Kier molecular flexibility index (Phi) is 4.70. The molecule has 100 valence electrons. The van der Waals surface area contributed by atoms with Crippen molar-refractivity contribution < 1.29 is 9.18 Å². The van der Waals surface area contributed by atoms with E-state index in [9.17, 15) is 9.18 Å². The summed E-state index contributed by atoms with van der Waals surface area (Å²) in [6.45, 7) is 0. The Morgan fingerprint density at radius 3 is 2.79 bits per heavy atom. The molecule has 0 saturated carbocycles. The lowest BCUT2D eigenvalue weighted by Gasteiger charge is -2.09. The molecule has 6 heteroatoms. The second-order valence-corrected chi connectivity index (χ2v) is 5.15. The van der Waals surface area contributed by atoms with Gasteiger partial charge < -0.3 is 10.7 Å². The Morgan fingerprint density at radius 1 is 1.42 bits per heavy atom. The summed E-state index contributed by atoms with van der Waals surface area (Å²) in [6.07, 6.45) is 3.66. The summed E-state index contributed by atoms with van der Waals surface area (Å²) in [5.41, 5.74) is 6.67. The molecule has 0 aliphatic carbocycles. The van der Waals surface area contributed by atoms with Crippen LogP contribution in [0.25, 0.3) is 0 Å². The molecule has 0 aliphatic heterocycles. The third kappa shape index (κ3) is 4.18. The number of ketones is 1. The third-order valence-electron chi connectivity index (χ3n) is 2.60. The molecule has 0 aliphatic rings. The number of nitrogens with zero attached hydrogens (tertiary/aromatic N) is 1. The Balaban J connectivity index is 1.82. The van der Waals surface area contributed by atoms with E-state index in [0.29, 0.717) is 6.42 Å². The molecule has 0 fully saturated rings. The first kappa shape index (κ1) is 13.8. The monoisotopic (exact) mass is 279 g/mol. The molecule has 2 aromatic rings. The first-order valence-corrected chi connectivity index (χ1v) is 6.77. The van der Waals surface area contributed by atoms with E-state index in [2.05, 4.69) is 9.97 Å². The molecule has 0 saturated heterocycles. The number of thioether (sulfide) groups is 1. The number of nitrogens with one attached hydrogen (secondary N) is 1. The number of H-pyrrole nitrogens is 1. The van der Waals surface area contributed by atoms with Gasteiger partial charge in [-0.05, 0) is 24.3 Å². The van der Waals surface area contributed by atoms with Crippen LogP contribution in [-0.4, -0.2) is 27.5 Å². The highest BCUT2D eigenvalue weighted by molar-refractivity contribution is 8.00. The average molecular weight is 279 g/mol. The van der Waals surface area contributed by atoms with E-state index in [-0.39, 0.29) is 17.4 Å². The number of aromatic amines is 1. The second-order valence-electron chi connectivity index (χ2n) is 4.10. The van der Waals surface area contributed by atoms with E-state index in [1.165, 1.54) is 23.9 Å². The molecule has 1 heterocycles. The molecular formula is C13H14FN3OS. The zero-order valence-corrected chi connectivity index (χ0v) is 11.0. The molecule has 4 nitrogen and oxygen atoms in total. The minimum atomic E-state index is -0.548. The van der Waals surface area contributed by atoms with Crippen LogP contribution in [0.3, 0.4) is 0 Å². The summed E-state index contributed by atoms with van der Waals surface area (Å²) in [7, 11) is 0. The van der Waals surface area contributed by atoms with E-state index >= 15 is 0 Å². The maximum atomic E-state index is 12.7. The van der Waals surface area contributed by atoms with E-state index in [1.807, 2.05) is 0 Å². The largest absolute Gasteiger partial charge is 0.348 e. The van der Waals surface area contributed by atoms with Gasteiger partial charge in [0.15, 0.2) is 5.78 Å². The van der Waals surface area contributed by atoms with Crippen molar-refractivity contribution in [3.05, 3.63) is 48.3 Å². The van der Waals surface area contributed by atoms with Gasteiger partial charge in [0.05, 0.1) is 18.1 Å². The average Bonchev–Trinajstić information content (AvgIpc) is 2.90. The van der Waals surface area contributed by atoms with Gasteiger partial charge in [-0.2, -0.15) is 0 Å². The van der Waals surface area contributed by atoms with Gasteiger partial charge >= 0.3 is 0 Å². The number of aromatic nitrogens is 2. The molecule has 0 unspecified atom stereocenters. The molecule has 0 bridgehead atoms. The van der Waals surface area contributed by atoms with Crippen molar-refractivity contribution in [3.63, 3.8) is 0 Å². The smallest absolute Gasteiger partial charge is 0.160 e. The van der Waals surface area contributed by atoms with E-state index in [4.69, 9.17) is 5.73 Å². The number of benzene rings is 1. The lowest BCUT2D eigenvalue weighted by atomic mass is 10.1. The van der Waals surface area contributed by atoms with Crippen LogP contribution in [0.5, 0.6) is 0 Å². The van der Waals surface area contributed by atoms with Gasteiger partial charge in [0.2, 0.25) is 0 Å². The summed E-state index contributed by atoms with van der Waals surface area (Å²) >= 11 is 1.36. The molecular weight excluding hydrogens is 265 g/mol. The number of nitrogens with two attached hydrogens (primary N) is 1. The molecule has 0 radical (unpaired) electrons. The Morgan fingerprint density at radius 2 is 2.16 bits per heavy atom. The number of carbonyl (C=O) groups excluding carboxylic acids is 1. The predicted octanol–water partition coefficient (Wildman–Crippen LogP) is 1.78. The first-order valence-electron chi connectivity index (χ1n) is 5.79. The Labute approximate surface area is 114 Å². The van der Waals surface area contributed by atoms with Gasteiger partial charge in [-0.1, -0.05) is 0 Å². The minimum Gasteiger partial charge on any atom is -0.348 e. The van der Waals surface area contributed by atoms with Crippen LogP contribution >= 0.6 is 11.8 Å². The zero-order valence-electron chi connectivity index (χ0n) is 10.2. The van der Waals surface area contributed by atoms with Gasteiger partial charge in [0, 0.05) is 23.2 Å². The molecule has 1 aromatic carbocycles. The molecule has 1 atom stereocenters. The Hall–Kier alpha value is -1.66. The van der Waals surface area contributed by atoms with Crippen LogP contribution in [-0.2, 0) is 11.2 Å². The second kappa shape index (κ2) is 6.49. The van der Waals surface area contributed by atoms with Crippen LogP contribution in [0.1, 0.15) is 5.69 Å². The van der Waals surface area contributed by atoms with Crippen LogP contribution in [0.2, 0.25) is 0 Å². The maximum absolute atomic E-state index is 12.7. The molecule has 0 spiro atoms. The molecule has 2 rings (SSSR count). The van der Waals surface area contributed by atoms with Crippen molar-refractivity contribution in [2.24, 2.45) is 5.73 Å². The fourth-order valence-corrected chi connectivity index (χ4v) is 2.39. The van der Waals surface area contributed by atoms with Gasteiger partial charge in [-0.25, -0.2) is 9.37 Å². The summed E-state index contributed by atoms with van der Waals surface area (Å²) in [5.74, 6) is -0.0449. The van der Waals surface area contributed by atoms with Crippen molar-refractivity contribution in [2.45, 2.75) is 17.4 Å². The normalized spacial score (nSPS) is 12.3. The van der Waals surface area contributed by atoms with E-state index in [1.54, 1.807) is 24.7 Å². The van der Waals surface area contributed by atoms with Crippen LogP contribution in [0.15, 0.2) is 41.7 Å². The highest BCUT2D eigenvalue weighted by Crippen LogP contribution is 2.18. The number of carbonyl (C=O) groups is 1. The van der Waals surface area contributed by atoms with Crippen molar-refractivity contribution in [2.75, 3.05) is 5.75 Å². The summed E-state index contributed by atoms with van der Waals surface area (Å²) < 4.78 is 12.7. The maximum Gasteiger partial charge on any atom is 0.160 e. The lowest BCUT2D eigenvalue weighted by molar-refractivity contribution is -0.117. The molecule has 3 N–H and O–H groups in total. The predicted molar refractivity (Wildman–Crippen MR) is 72.4 cm³/mol. The highest BCUT2D eigenvalue weighted by Gasteiger charge is 2.15.